The number of alkyl carbamates (subject to hydrolysis) is 1. The number of amides is 1. The molecule has 1 rings (SSSR count). The molecule has 7 nitrogen and oxygen atoms in total. The SMILES string of the molecule is CC(NC(=O)OC(C)(C)C)C(=O)c1ncn(C)n1. The van der Waals surface area contributed by atoms with Crippen molar-refractivity contribution >= 4 is 11.9 Å². The number of hydrogen-bond donors (Lipinski definition) is 1. The lowest BCUT2D eigenvalue weighted by Crippen LogP contribution is -2.42. The Hall–Kier alpha value is -1.92. The van der Waals surface area contributed by atoms with E-state index < -0.39 is 17.7 Å². The maximum absolute atomic E-state index is 11.9. The van der Waals surface area contributed by atoms with Crippen LogP contribution in [0.25, 0.3) is 0 Å². The number of rotatable bonds is 3. The first-order valence-corrected chi connectivity index (χ1v) is 5.58. The van der Waals surface area contributed by atoms with Gasteiger partial charge in [-0.2, -0.15) is 0 Å². The van der Waals surface area contributed by atoms with Crippen molar-refractivity contribution in [3.63, 3.8) is 0 Å². The van der Waals surface area contributed by atoms with Crippen LogP contribution in [0, 0.1) is 0 Å². The second-order valence-electron chi connectivity index (χ2n) is 4.97. The molecule has 100 valence electrons. The van der Waals surface area contributed by atoms with Crippen molar-refractivity contribution in [2.45, 2.75) is 39.3 Å². The smallest absolute Gasteiger partial charge is 0.408 e. The Labute approximate surface area is 106 Å². The number of carbonyl (C=O) groups excluding carboxylic acids is 2. The Bertz CT molecular complexity index is 447. The van der Waals surface area contributed by atoms with Gasteiger partial charge in [0.2, 0.25) is 11.6 Å². The Balaban J connectivity index is 2.58. The predicted octanol–water partition coefficient (Wildman–Crippen LogP) is 0.911. The van der Waals surface area contributed by atoms with Gasteiger partial charge in [-0.05, 0) is 27.7 Å². The van der Waals surface area contributed by atoms with Crippen molar-refractivity contribution in [2.75, 3.05) is 0 Å². The predicted molar refractivity (Wildman–Crippen MR) is 64.2 cm³/mol. The summed E-state index contributed by atoms with van der Waals surface area (Å²) < 4.78 is 6.48. The minimum atomic E-state index is -0.734. The molecule has 1 amide bonds. The molecule has 0 aliphatic heterocycles. The first-order valence-electron chi connectivity index (χ1n) is 5.58. The largest absolute Gasteiger partial charge is 0.444 e. The van der Waals surface area contributed by atoms with Gasteiger partial charge in [-0.3, -0.25) is 9.48 Å². The summed E-state index contributed by atoms with van der Waals surface area (Å²) in [5.41, 5.74) is -0.601. The zero-order chi connectivity index (χ0) is 13.9. The minimum Gasteiger partial charge on any atom is -0.444 e. The molecule has 0 fully saturated rings. The van der Waals surface area contributed by atoms with Crippen molar-refractivity contribution in [3.05, 3.63) is 12.2 Å². The van der Waals surface area contributed by atoms with Gasteiger partial charge < -0.3 is 10.1 Å². The standard InChI is InChI=1S/C11H18N4O3/c1-7(13-10(17)18-11(2,3)4)8(16)9-12-6-15(5)14-9/h6-7H,1-5H3,(H,13,17). The monoisotopic (exact) mass is 254 g/mol. The zero-order valence-corrected chi connectivity index (χ0v) is 11.2. The van der Waals surface area contributed by atoms with Crippen molar-refractivity contribution in [2.24, 2.45) is 7.05 Å². The highest BCUT2D eigenvalue weighted by molar-refractivity contribution is 5.98. The highest BCUT2D eigenvalue weighted by Gasteiger charge is 2.23. The Morgan fingerprint density at radius 2 is 2.06 bits per heavy atom. The molecule has 0 spiro atoms. The molecule has 0 saturated heterocycles. The van der Waals surface area contributed by atoms with Gasteiger partial charge in [0.1, 0.15) is 11.9 Å². The maximum atomic E-state index is 11.9. The van der Waals surface area contributed by atoms with Crippen molar-refractivity contribution in [3.8, 4) is 0 Å². The zero-order valence-electron chi connectivity index (χ0n) is 11.2. The minimum absolute atomic E-state index is 0.0704. The summed E-state index contributed by atoms with van der Waals surface area (Å²) in [6, 6.07) is -0.734. The van der Waals surface area contributed by atoms with E-state index in [4.69, 9.17) is 4.74 Å². The van der Waals surface area contributed by atoms with Crippen molar-refractivity contribution in [1.29, 1.82) is 0 Å². The summed E-state index contributed by atoms with van der Waals surface area (Å²) in [6.07, 6.45) is 0.784. The van der Waals surface area contributed by atoms with Crippen LogP contribution in [-0.4, -0.2) is 38.3 Å². The number of hydrogen-bond acceptors (Lipinski definition) is 5. The lowest BCUT2D eigenvalue weighted by molar-refractivity contribution is 0.0496. The quantitative estimate of drug-likeness (QED) is 0.810. The van der Waals surface area contributed by atoms with E-state index in [2.05, 4.69) is 15.4 Å². The molecule has 1 heterocycles. The average Bonchev–Trinajstić information content (AvgIpc) is 2.60. The van der Waals surface area contributed by atoms with Crippen LogP contribution in [0.1, 0.15) is 38.3 Å². The summed E-state index contributed by atoms with van der Waals surface area (Å²) in [5, 5.41) is 6.32. The number of carbonyl (C=O) groups is 2. The van der Waals surface area contributed by atoms with Gasteiger partial charge in [-0.25, -0.2) is 9.78 Å². The van der Waals surface area contributed by atoms with Gasteiger partial charge in [0, 0.05) is 7.05 Å². The molecule has 1 aromatic rings. The Morgan fingerprint density at radius 1 is 1.44 bits per heavy atom. The molecule has 7 heteroatoms. The Kier molecular flexibility index (Phi) is 4.05. The van der Waals surface area contributed by atoms with E-state index in [0.717, 1.165) is 0 Å². The molecule has 18 heavy (non-hydrogen) atoms. The number of ketones is 1. The molecule has 0 bridgehead atoms. The van der Waals surface area contributed by atoms with Crippen LogP contribution in [0.5, 0.6) is 0 Å². The van der Waals surface area contributed by atoms with Crippen molar-refractivity contribution in [1.82, 2.24) is 20.1 Å². The van der Waals surface area contributed by atoms with Crippen LogP contribution in [0.15, 0.2) is 6.33 Å². The molecular formula is C11H18N4O3. The van der Waals surface area contributed by atoms with Gasteiger partial charge >= 0.3 is 6.09 Å². The normalized spacial score (nSPS) is 12.9. The number of aryl methyl sites for hydroxylation is 1. The molecule has 1 unspecified atom stereocenters. The Morgan fingerprint density at radius 3 is 2.50 bits per heavy atom. The molecular weight excluding hydrogens is 236 g/mol. The first kappa shape index (κ1) is 14.1. The molecule has 0 radical (unpaired) electrons. The van der Waals surface area contributed by atoms with Crippen LogP contribution in [0.3, 0.4) is 0 Å². The average molecular weight is 254 g/mol. The van der Waals surface area contributed by atoms with E-state index in [0.29, 0.717) is 0 Å². The van der Waals surface area contributed by atoms with Gasteiger partial charge in [-0.15, -0.1) is 5.10 Å². The molecule has 0 aliphatic rings. The fraction of sp³-hybridized carbons (Fsp3) is 0.636. The van der Waals surface area contributed by atoms with E-state index in [-0.39, 0.29) is 11.6 Å². The van der Waals surface area contributed by atoms with Crippen LogP contribution in [0.4, 0.5) is 4.79 Å². The number of nitrogens with one attached hydrogen (secondary N) is 1. The highest BCUT2D eigenvalue weighted by Crippen LogP contribution is 2.07. The molecule has 1 N–H and O–H groups in total. The third kappa shape index (κ3) is 4.15. The van der Waals surface area contributed by atoms with Gasteiger partial charge in [0.25, 0.3) is 0 Å². The fourth-order valence-corrected chi connectivity index (χ4v) is 1.20. The van der Waals surface area contributed by atoms with Gasteiger partial charge in [0.05, 0.1) is 6.04 Å². The summed E-state index contributed by atoms with van der Waals surface area (Å²) in [7, 11) is 1.66. The summed E-state index contributed by atoms with van der Waals surface area (Å²) in [5.74, 6) is -0.289. The molecule has 1 atom stereocenters. The summed E-state index contributed by atoms with van der Waals surface area (Å²) in [4.78, 5) is 27.2. The van der Waals surface area contributed by atoms with E-state index >= 15 is 0 Å². The number of Topliss-reactive ketones (excluding diaryl/α,β-unsaturated/α-hetero) is 1. The lowest BCUT2D eigenvalue weighted by Gasteiger charge is -2.21. The van der Waals surface area contributed by atoms with Crippen molar-refractivity contribution < 1.29 is 14.3 Å². The molecule has 1 aromatic heterocycles. The number of ether oxygens (including phenoxy) is 1. The molecule has 0 aromatic carbocycles. The van der Waals surface area contributed by atoms with E-state index in [1.165, 1.54) is 11.0 Å². The lowest BCUT2D eigenvalue weighted by atomic mass is 10.2. The maximum Gasteiger partial charge on any atom is 0.408 e. The first-order chi connectivity index (χ1) is 8.19. The number of aromatic nitrogens is 3. The van der Waals surface area contributed by atoms with Gasteiger partial charge in [0.15, 0.2) is 0 Å². The van der Waals surface area contributed by atoms with Gasteiger partial charge in [-0.1, -0.05) is 0 Å². The van der Waals surface area contributed by atoms with E-state index in [9.17, 15) is 9.59 Å². The van der Waals surface area contributed by atoms with Crippen LogP contribution in [0.2, 0.25) is 0 Å². The highest BCUT2D eigenvalue weighted by atomic mass is 16.6. The molecule has 0 aliphatic carbocycles. The molecule has 0 saturated carbocycles. The van der Waals surface area contributed by atoms with Crippen LogP contribution in [-0.2, 0) is 11.8 Å². The summed E-state index contributed by atoms with van der Waals surface area (Å²) >= 11 is 0. The second-order valence-corrected chi connectivity index (χ2v) is 4.97. The summed E-state index contributed by atoms with van der Waals surface area (Å²) in [6.45, 7) is 6.81. The topological polar surface area (TPSA) is 86.1 Å². The van der Waals surface area contributed by atoms with Crippen LogP contribution >= 0.6 is 0 Å². The van der Waals surface area contributed by atoms with Crippen LogP contribution < -0.4 is 5.32 Å². The third-order valence-corrected chi connectivity index (χ3v) is 1.95. The van der Waals surface area contributed by atoms with E-state index in [1.54, 1.807) is 34.7 Å². The second kappa shape index (κ2) is 5.16. The third-order valence-electron chi connectivity index (χ3n) is 1.95. The number of nitrogens with zero attached hydrogens (tertiary/aromatic N) is 3. The fourth-order valence-electron chi connectivity index (χ4n) is 1.20. The van der Waals surface area contributed by atoms with E-state index in [1.807, 2.05) is 0 Å².